The fraction of sp³-hybridized carbons (Fsp3) is 0.400. The van der Waals surface area contributed by atoms with Crippen LogP contribution >= 0.6 is 0 Å². The molecule has 0 bridgehead atoms. The van der Waals surface area contributed by atoms with Crippen molar-refractivity contribution in [1.82, 2.24) is 23.8 Å². The number of nitrogens with zero attached hydrogens (tertiary/aromatic N) is 6. The van der Waals surface area contributed by atoms with E-state index in [1.165, 1.54) is 0 Å². The van der Waals surface area contributed by atoms with Crippen molar-refractivity contribution in [2.75, 3.05) is 26.2 Å². The number of fused-ring (bicyclic) bond motifs is 1. The lowest BCUT2D eigenvalue weighted by molar-refractivity contribution is 0.119. The Labute approximate surface area is 153 Å². The highest BCUT2D eigenvalue weighted by molar-refractivity contribution is 5.65. The molecule has 0 N–H and O–H groups in total. The Balaban J connectivity index is 1.39. The molecule has 0 aliphatic carbocycles. The van der Waals surface area contributed by atoms with Gasteiger partial charge in [0.1, 0.15) is 11.9 Å². The SMILES string of the molecule is CCn1ccnc1CN1CCN(Cc2cn3ccccc3c2C#N)CC1. The zero-order chi connectivity index (χ0) is 17.9. The predicted molar refractivity (Wildman–Crippen MR) is 101 cm³/mol. The zero-order valence-corrected chi connectivity index (χ0v) is 15.2. The highest BCUT2D eigenvalue weighted by atomic mass is 15.3. The van der Waals surface area contributed by atoms with Crippen LogP contribution in [0.5, 0.6) is 0 Å². The second-order valence-corrected chi connectivity index (χ2v) is 6.82. The third-order valence-corrected chi connectivity index (χ3v) is 5.24. The van der Waals surface area contributed by atoms with E-state index in [2.05, 4.69) is 42.9 Å². The van der Waals surface area contributed by atoms with Crippen molar-refractivity contribution in [3.05, 3.63) is 59.9 Å². The van der Waals surface area contributed by atoms with E-state index in [4.69, 9.17) is 0 Å². The molecule has 0 atom stereocenters. The van der Waals surface area contributed by atoms with Gasteiger partial charge in [0, 0.05) is 69.6 Å². The molecule has 3 aromatic rings. The average molecular weight is 348 g/mol. The van der Waals surface area contributed by atoms with Gasteiger partial charge in [-0.05, 0) is 19.1 Å². The summed E-state index contributed by atoms with van der Waals surface area (Å²) in [4.78, 5) is 9.39. The molecule has 1 aliphatic heterocycles. The molecule has 0 radical (unpaired) electrons. The summed E-state index contributed by atoms with van der Waals surface area (Å²) in [7, 11) is 0. The van der Waals surface area contributed by atoms with E-state index < -0.39 is 0 Å². The van der Waals surface area contributed by atoms with Gasteiger partial charge in [-0.15, -0.1) is 0 Å². The Morgan fingerprint density at radius 1 is 1.08 bits per heavy atom. The van der Waals surface area contributed by atoms with Gasteiger partial charge >= 0.3 is 0 Å². The van der Waals surface area contributed by atoms with Gasteiger partial charge in [0.25, 0.3) is 0 Å². The van der Waals surface area contributed by atoms with Crippen molar-refractivity contribution in [2.24, 2.45) is 0 Å². The van der Waals surface area contributed by atoms with E-state index in [1.54, 1.807) is 0 Å². The highest BCUT2D eigenvalue weighted by Crippen LogP contribution is 2.20. The number of hydrogen-bond donors (Lipinski definition) is 0. The molecule has 1 aliphatic rings. The van der Waals surface area contributed by atoms with E-state index in [-0.39, 0.29) is 0 Å². The molecule has 0 amide bonds. The quantitative estimate of drug-likeness (QED) is 0.710. The Morgan fingerprint density at radius 3 is 2.58 bits per heavy atom. The van der Waals surface area contributed by atoms with Crippen molar-refractivity contribution in [3.63, 3.8) is 0 Å². The normalized spacial score (nSPS) is 16.2. The van der Waals surface area contributed by atoms with Crippen molar-refractivity contribution < 1.29 is 0 Å². The molecule has 1 fully saturated rings. The first-order valence-electron chi connectivity index (χ1n) is 9.22. The van der Waals surface area contributed by atoms with E-state index in [0.717, 1.165) is 68.3 Å². The number of hydrogen-bond acceptors (Lipinski definition) is 4. The molecule has 4 rings (SSSR count). The number of aromatic nitrogens is 3. The molecule has 6 nitrogen and oxygen atoms in total. The first-order chi connectivity index (χ1) is 12.8. The Kier molecular flexibility index (Phi) is 4.74. The number of imidazole rings is 1. The summed E-state index contributed by atoms with van der Waals surface area (Å²) in [5.41, 5.74) is 2.92. The molecule has 134 valence electrons. The summed E-state index contributed by atoms with van der Waals surface area (Å²) in [6, 6.07) is 8.38. The molecule has 0 aromatic carbocycles. The van der Waals surface area contributed by atoms with Crippen LogP contribution < -0.4 is 0 Å². The van der Waals surface area contributed by atoms with Crippen molar-refractivity contribution in [3.8, 4) is 6.07 Å². The average Bonchev–Trinajstić information content (AvgIpc) is 3.26. The monoisotopic (exact) mass is 348 g/mol. The minimum absolute atomic E-state index is 0.804. The lowest BCUT2D eigenvalue weighted by Gasteiger charge is -2.34. The molecule has 0 spiro atoms. The first-order valence-corrected chi connectivity index (χ1v) is 9.22. The summed E-state index contributed by atoms with van der Waals surface area (Å²) < 4.78 is 4.26. The molecule has 0 unspecified atom stereocenters. The molecular weight excluding hydrogens is 324 g/mol. The number of aryl methyl sites for hydroxylation is 1. The lowest BCUT2D eigenvalue weighted by Crippen LogP contribution is -2.45. The molecule has 26 heavy (non-hydrogen) atoms. The van der Waals surface area contributed by atoms with E-state index in [1.807, 2.05) is 36.8 Å². The largest absolute Gasteiger partial charge is 0.334 e. The Hall–Kier alpha value is -2.62. The third-order valence-electron chi connectivity index (χ3n) is 5.24. The second kappa shape index (κ2) is 7.32. The van der Waals surface area contributed by atoms with Gasteiger partial charge < -0.3 is 8.97 Å². The predicted octanol–water partition coefficient (Wildman–Crippen LogP) is 2.35. The first kappa shape index (κ1) is 16.8. The lowest BCUT2D eigenvalue weighted by atomic mass is 10.1. The number of rotatable bonds is 5. The fourth-order valence-electron chi connectivity index (χ4n) is 3.75. The zero-order valence-electron chi connectivity index (χ0n) is 15.2. The van der Waals surface area contributed by atoms with Crippen LogP contribution in [0.15, 0.2) is 43.0 Å². The standard InChI is InChI=1S/C20H24N6/c1-2-25-8-6-22-20(25)16-24-11-9-23(10-12-24)14-17-15-26-7-4-3-5-19(26)18(17)13-21/h3-8,15H,2,9-12,14,16H2,1H3. The number of piperazine rings is 1. The minimum atomic E-state index is 0.804. The number of nitriles is 1. The van der Waals surface area contributed by atoms with Crippen LogP contribution in [-0.4, -0.2) is 49.9 Å². The maximum absolute atomic E-state index is 9.57. The van der Waals surface area contributed by atoms with E-state index in [9.17, 15) is 5.26 Å². The summed E-state index contributed by atoms with van der Waals surface area (Å²) in [6.07, 6.45) is 8.04. The van der Waals surface area contributed by atoms with Crippen LogP contribution in [0.4, 0.5) is 0 Å². The van der Waals surface area contributed by atoms with Gasteiger partial charge in [0.05, 0.1) is 17.6 Å². The van der Waals surface area contributed by atoms with Gasteiger partial charge in [0.2, 0.25) is 0 Å². The molecule has 0 saturated carbocycles. The summed E-state index contributed by atoms with van der Waals surface area (Å²) in [5, 5.41) is 9.57. The second-order valence-electron chi connectivity index (χ2n) is 6.82. The smallest absolute Gasteiger partial charge is 0.122 e. The summed E-state index contributed by atoms with van der Waals surface area (Å²) >= 11 is 0. The molecule has 6 heteroatoms. The topological polar surface area (TPSA) is 52.5 Å². The van der Waals surface area contributed by atoms with E-state index in [0.29, 0.717) is 0 Å². The molecule has 1 saturated heterocycles. The van der Waals surface area contributed by atoms with Crippen LogP contribution in [-0.2, 0) is 19.6 Å². The van der Waals surface area contributed by atoms with Crippen LogP contribution in [0.2, 0.25) is 0 Å². The fourth-order valence-corrected chi connectivity index (χ4v) is 3.75. The summed E-state index contributed by atoms with van der Waals surface area (Å²) in [5.74, 6) is 1.14. The van der Waals surface area contributed by atoms with Crippen LogP contribution in [0.1, 0.15) is 23.9 Å². The summed E-state index contributed by atoms with van der Waals surface area (Å²) in [6.45, 7) is 8.97. The van der Waals surface area contributed by atoms with Gasteiger partial charge in [-0.1, -0.05) is 6.07 Å². The van der Waals surface area contributed by atoms with Crippen LogP contribution in [0, 0.1) is 11.3 Å². The van der Waals surface area contributed by atoms with Crippen molar-refractivity contribution in [1.29, 1.82) is 5.26 Å². The highest BCUT2D eigenvalue weighted by Gasteiger charge is 2.20. The maximum atomic E-state index is 9.57. The van der Waals surface area contributed by atoms with Gasteiger partial charge in [-0.25, -0.2) is 4.98 Å². The maximum Gasteiger partial charge on any atom is 0.122 e. The minimum Gasteiger partial charge on any atom is -0.334 e. The van der Waals surface area contributed by atoms with Crippen molar-refractivity contribution >= 4 is 5.52 Å². The Bertz CT molecular complexity index is 923. The molecular formula is C20H24N6. The number of pyridine rings is 1. The molecule has 4 heterocycles. The third kappa shape index (κ3) is 3.24. The van der Waals surface area contributed by atoms with Crippen molar-refractivity contribution in [2.45, 2.75) is 26.6 Å². The van der Waals surface area contributed by atoms with E-state index >= 15 is 0 Å². The Morgan fingerprint density at radius 2 is 1.85 bits per heavy atom. The van der Waals surface area contributed by atoms with Gasteiger partial charge in [-0.2, -0.15) is 5.26 Å². The molecule has 3 aromatic heterocycles. The van der Waals surface area contributed by atoms with Crippen LogP contribution in [0.3, 0.4) is 0 Å². The van der Waals surface area contributed by atoms with Crippen LogP contribution in [0.25, 0.3) is 5.52 Å². The van der Waals surface area contributed by atoms with Gasteiger partial charge in [0.15, 0.2) is 0 Å². The van der Waals surface area contributed by atoms with Gasteiger partial charge in [-0.3, -0.25) is 9.80 Å².